The maximum Gasteiger partial charge on any atom is 0.193 e. The molecule has 0 aliphatic rings. The lowest BCUT2D eigenvalue weighted by molar-refractivity contribution is 0.103. The minimum Gasteiger partial charge on any atom is -0.289 e. The first-order valence-electron chi connectivity index (χ1n) is 4.38. The van der Waals surface area contributed by atoms with Crippen molar-refractivity contribution < 1.29 is 4.79 Å². The molecule has 0 spiro atoms. The summed E-state index contributed by atoms with van der Waals surface area (Å²) in [5.41, 5.74) is 1.88. The normalized spacial score (nSPS) is 9.53. The monoisotopic (exact) mass is 213 g/mol. The fraction of sp³-hybridized carbons (Fsp3) is 0. The Labute approximate surface area is 91.4 Å². The lowest BCUT2D eigenvalue weighted by Crippen LogP contribution is -1.98. The fourth-order valence-electron chi connectivity index (χ4n) is 1.26. The average Bonchev–Trinajstić information content (AvgIpc) is 2.82. The van der Waals surface area contributed by atoms with Gasteiger partial charge in [-0.15, -0.1) is 0 Å². The van der Waals surface area contributed by atoms with Gasteiger partial charge in [-0.25, -0.2) is 0 Å². The Bertz CT molecular complexity index is 506. The summed E-state index contributed by atoms with van der Waals surface area (Å²) < 4.78 is 0. The van der Waals surface area contributed by atoms with Crippen molar-refractivity contribution in [2.75, 3.05) is 0 Å². The number of nitriles is 1. The zero-order valence-electron chi connectivity index (χ0n) is 7.81. The minimum absolute atomic E-state index is 0.000685. The second-order valence-corrected chi connectivity index (χ2v) is 3.81. The molecule has 1 aromatic carbocycles. The highest BCUT2D eigenvalue weighted by Crippen LogP contribution is 2.13. The highest BCUT2D eigenvalue weighted by Gasteiger charge is 2.08. The highest BCUT2D eigenvalue weighted by atomic mass is 32.1. The van der Waals surface area contributed by atoms with Crippen LogP contribution in [-0.2, 0) is 0 Å². The Hall–Kier alpha value is -1.92. The van der Waals surface area contributed by atoms with Gasteiger partial charge in [0.2, 0.25) is 0 Å². The van der Waals surface area contributed by atoms with E-state index in [0.717, 1.165) is 0 Å². The molecule has 0 aliphatic heterocycles. The van der Waals surface area contributed by atoms with Crippen molar-refractivity contribution in [2.45, 2.75) is 0 Å². The predicted molar refractivity (Wildman–Crippen MR) is 58.9 cm³/mol. The van der Waals surface area contributed by atoms with Crippen molar-refractivity contribution in [3.05, 3.63) is 57.8 Å². The summed E-state index contributed by atoms with van der Waals surface area (Å²) in [4.78, 5) is 11.8. The third kappa shape index (κ3) is 1.95. The number of carbonyl (C=O) groups is 1. The van der Waals surface area contributed by atoms with Crippen LogP contribution in [0.1, 0.15) is 21.5 Å². The van der Waals surface area contributed by atoms with Crippen LogP contribution < -0.4 is 0 Å². The maximum atomic E-state index is 11.8. The van der Waals surface area contributed by atoms with Crippen molar-refractivity contribution in [3.63, 3.8) is 0 Å². The number of rotatable bonds is 2. The van der Waals surface area contributed by atoms with Gasteiger partial charge < -0.3 is 0 Å². The summed E-state index contributed by atoms with van der Waals surface area (Å²) in [7, 11) is 0. The molecule has 0 fully saturated rings. The standard InChI is InChI=1S/C12H7NOS/c13-7-9-1-3-10(4-2-9)12(14)11-5-6-15-8-11/h1-6,8H. The molecule has 0 unspecified atom stereocenters. The van der Waals surface area contributed by atoms with Gasteiger partial charge in [-0.3, -0.25) is 4.79 Å². The van der Waals surface area contributed by atoms with Crippen LogP contribution in [-0.4, -0.2) is 5.78 Å². The van der Waals surface area contributed by atoms with Crippen LogP contribution in [0.2, 0.25) is 0 Å². The van der Waals surface area contributed by atoms with Gasteiger partial charge in [0.05, 0.1) is 11.6 Å². The molecule has 0 saturated carbocycles. The molecule has 0 saturated heterocycles. The second-order valence-electron chi connectivity index (χ2n) is 3.03. The van der Waals surface area contributed by atoms with E-state index in [4.69, 9.17) is 5.26 Å². The van der Waals surface area contributed by atoms with Gasteiger partial charge >= 0.3 is 0 Å². The number of benzene rings is 1. The van der Waals surface area contributed by atoms with Crippen LogP contribution in [0.15, 0.2) is 41.1 Å². The first kappa shape index (κ1) is 9.63. The quantitative estimate of drug-likeness (QED) is 0.720. The topological polar surface area (TPSA) is 40.9 Å². The molecule has 3 heteroatoms. The highest BCUT2D eigenvalue weighted by molar-refractivity contribution is 7.08. The fourth-order valence-corrected chi connectivity index (χ4v) is 1.89. The molecule has 0 amide bonds. The number of nitrogens with zero attached hydrogens (tertiary/aromatic N) is 1. The van der Waals surface area contributed by atoms with E-state index in [1.807, 2.05) is 16.8 Å². The first-order valence-corrected chi connectivity index (χ1v) is 5.32. The van der Waals surface area contributed by atoms with E-state index in [1.54, 1.807) is 30.3 Å². The van der Waals surface area contributed by atoms with Crippen LogP contribution in [0.25, 0.3) is 0 Å². The van der Waals surface area contributed by atoms with Crippen LogP contribution in [0.4, 0.5) is 0 Å². The molecule has 0 aliphatic carbocycles. The zero-order chi connectivity index (χ0) is 10.7. The molecule has 2 aromatic rings. The maximum absolute atomic E-state index is 11.8. The van der Waals surface area contributed by atoms with Gasteiger partial charge in [-0.1, -0.05) is 0 Å². The van der Waals surface area contributed by atoms with Crippen molar-refractivity contribution >= 4 is 17.1 Å². The lowest BCUT2D eigenvalue weighted by atomic mass is 10.0. The summed E-state index contributed by atoms with van der Waals surface area (Å²) in [6.45, 7) is 0. The van der Waals surface area contributed by atoms with Crippen molar-refractivity contribution in [3.8, 4) is 6.07 Å². The Kier molecular flexibility index (Phi) is 2.61. The van der Waals surface area contributed by atoms with Crippen LogP contribution >= 0.6 is 11.3 Å². The van der Waals surface area contributed by atoms with E-state index >= 15 is 0 Å². The largest absolute Gasteiger partial charge is 0.289 e. The van der Waals surface area contributed by atoms with E-state index in [2.05, 4.69) is 0 Å². The molecule has 1 aromatic heterocycles. The minimum atomic E-state index is 0.000685. The van der Waals surface area contributed by atoms with Gasteiger partial charge in [0, 0.05) is 16.5 Å². The smallest absolute Gasteiger partial charge is 0.193 e. The van der Waals surface area contributed by atoms with Gasteiger partial charge in [0.1, 0.15) is 0 Å². The van der Waals surface area contributed by atoms with E-state index in [0.29, 0.717) is 16.7 Å². The molecule has 15 heavy (non-hydrogen) atoms. The number of hydrogen-bond donors (Lipinski definition) is 0. The molecule has 0 atom stereocenters. The molecule has 72 valence electrons. The van der Waals surface area contributed by atoms with E-state index < -0.39 is 0 Å². The Morgan fingerprint density at radius 3 is 2.40 bits per heavy atom. The summed E-state index contributed by atoms with van der Waals surface area (Å²) >= 11 is 1.50. The lowest BCUT2D eigenvalue weighted by Gasteiger charge is -1.97. The van der Waals surface area contributed by atoms with Crippen LogP contribution in [0.5, 0.6) is 0 Å². The average molecular weight is 213 g/mol. The van der Waals surface area contributed by atoms with Gasteiger partial charge in [-0.05, 0) is 35.7 Å². The van der Waals surface area contributed by atoms with Crippen molar-refractivity contribution in [1.29, 1.82) is 5.26 Å². The molecule has 2 nitrogen and oxygen atoms in total. The number of hydrogen-bond acceptors (Lipinski definition) is 3. The van der Waals surface area contributed by atoms with Crippen molar-refractivity contribution in [1.82, 2.24) is 0 Å². The first-order chi connectivity index (χ1) is 7.31. The number of ketones is 1. The van der Waals surface area contributed by atoms with Gasteiger partial charge in [-0.2, -0.15) is 16.6 Å². The summed E-state index contributed by atoms with van der Waals surface area (Å²) in [5, 5.41) is 12.3. The SMILES string of the molecule is N#Cc1ccc(C(=O)c2ccsc2)cc1. The van der Waals surface area contributed by atoms with Crippen LogP contribution in [0.3, 0.4) is 0 Å². The van der Waals surface area contributed by atoms with Gasteiger partial charge in [0.15, 0.2) is 5.78 Å². The van der Waals surface area contributed by atoms with Crippen molar-refractivity contribution in [2.24, 2.45) is 0 Å². The summed E-state index contributed by atoms with van der Waals surface area (Å²) in [6.07, 6.45) is 0. The molecule has 0 bridgehead atoms. The number of thiophene rings is 1. The summed E-state index contributed by atoms with van der Waals surface area (Å²) in [5.74, 6) is 0.000685. The molecule has 2 rings (SSSR count). The molecule has 0 N–H and O–H groups in total. The second kappa shape index (κ2) is 4.07. The number of carbonyl (C=O) groups excluding carboxylic acids is 1. The van der Waals surface area contributed by atoms with Gasteiger partial charge in [0.25, 0.3) is 0 Å². The Balaban J connectivity index is 2.32. The third-order valence-electron chi connectivity index (χ3n) is 2.06. The molecular formula is C12H7NOS. The molecular weight excluding hydrogens is 206 g/mol. The third-order valence-corrected chi connectivity index (χ3v) is 2.74. The zero-order valence-corrected chi connectivity index (χ0v) is 8.62. The van der Waals surface area contributed by atoms with E-state index in [1.165, 1.54) is 11.3 Å². The summed E-state index contributed by atoms with van der Waals surface area (Å²) in [6, 6.07) is 10.5. The van der Waals surface area contributed by atoms with Crippen LogP contribution in [0, 0.1) is 11.3 Å². The molecule has 1 heterocycles. The Morgan fingerprint density at radius 1 is 1.13 bits per heavy atom. The predicted octanol–water partition coefficient (Wildman–Crippen LogP) is 2.85. The van der Waals surface area contributed by atoms with E-state index in [-0.39, 0.29) is 5.78 Å². The Morgan fingerprint density at radius 2 is 1.87 bits per heavy atom. The van der Waals surface area contributed by atoms with E-state index in [9.17, 15) is 4.79 Å². The molecule has 0 radical (unpaired) electrons.